The van der Waals surface area contributed by atoms with Crippen LogP contribution < -0.4 is 0 Å². The van der Waals surface area contributed by atoms with E-state index in [0.717, 1.165) is 25.9 Å². The van der Waals surface area contributed by atoms with Crippen LogP contribution in [0, 0.1) is 23.2 Å². The van der Waals surface area contributed by atoms with E-state index in [1.165, 1.54) is 0 Å². The monoisotopic (exact) mass is 253 g/mol. The molecule has 2 fully saturated rings. The van der Waals surface area contributed by atoms with Crippen LogP contribution in [0.2, 0.25) is 0 Å². The average Bonchev–Trinajstić information content (AvgIpc) is 3.07. The third-order valence-corrected chi connectivity index (χ3v) is 4.46. The van der Waals surface area contributed by atoms with Gasteiger partial charge in [-0.05, 0) is 30.6 Å². The van der Waals surface area contributed by atoms with E-state index in [2.05, 4.69) is 20.8 Å². The Hall–Kier alpha value is -1.06. The minimum absolute atomic E-state index is 0.0646. The Kier molecular flexibility index (Phi) is 3.39. The smallest absolute Gasteiger partial charge is 0.307 e. The zero-order valence-electron chi connectivity index (χ0n) is 11.5. The highest BCUT2D eigenvalue weighted by molar-refractivity contribution is 5.89. The first-order valence-electron chi connectivity index (χ1n) is 6.82. The lowest BCUT2D eigenvalue weighted by Gasteiger charge is -2.38. The van der Waals surface area contributed by atoms with Crippen molar-refractivity contribution in [3.63, 3.8) is 0 Å². The number of carboxylic acids is 1. The van der Waals surface area contributed by atoms with E-state index in [9.17, 15) is 9.59 Å². The second-order valence-electron chi connectivity index (χ2n) is 6.75. The van der Waals surface area contributed by atoms with E-state index in [0.29, 0.717) is 17.8 Å². The fraction of sp³-hybridized carbons (Fsp3) is 0.857. The van der Waals surface area contributed by atoms with Crippen molar-refractivity contribution >= 4 is 11.9 Å². The second-order valence-corrected chi connectivity index (χ2v) is 6.75. The number of nitrogens with zero attached hydrogens (tertiary/aromatic N) is 1. The molecule has 1 saturated carbocycles. The summed E-state index contributed by atoms with van der Waals surface area (Å²) in [5, 5.41) is 8.85. The number of carbonyl (C=O) groups is 2. The zero-order chi connectivity index (χ0) is 13.5. The summed E-state index contributed by atoms with van der Waals surface area (Å²) in [5.74, 6) is -0.754. The highest BCUT2D eigenvalue weighted by Crippen LogP contribution is 2.41. The van der Waals surface area contributed by atoms with Gasteiger partial charge in [0.05, 0.1) is 11.8 Å². The normalized spacial score (nSPS) is 29.2. The molecular weight excluding hydrogens is 230 g/mol. The van der Waals surface area contributed by atoms with E-state index in [1.807, 2.05) is 4.90 Å². The van der Waals surface area contributed by atoms with Crippen molar-refractivity contribution in [1.82, 2.24) is 4.90 Å². The SMILES string of the molecule is CC(C)(C)C1CCN(C(=O)C2CC2C(=O)O)CC1. The van der Waals surface area contributed by atoms with Crippen molar-refractivity contribution in [1.29, 1.82) is 0 Å². The molecule has 4 heteroatoms. The molecule has 4 nitrogen and oxygen atoms in total. The fourth-order valence-corrected chi connectivity index (χ4v) is 2.94. The third kappa shape index (κ3) is 2.68. The maximum Gasteiger partial charge on any atom is 0.307 e. The van der Waals surface area contributed by atoms with Gasteiger partial charge in [-0.3, -0.25) is 9.59 Å². The average molecular weight is 253 g/mol. The molecule has 2 rings (SSSR count). The van der Waals surface area contributed by atoms with Gasteiger partial charge < -0.3 is 10.0 Å². The molecule has 0 aromatic carbocycles. The zero-order valence-corrected chi connectivity index (χ0v) is 11.5. The molecule has 1 N–H and O–H groups in total. The number of aliphatic carboxylic acids is 1. The number of hydrogen-bond donors (Lipinski definition) is 1. The molecule has 2 atom stereocenters. The molecule has 0 radical (unpaired) electrons. The first-order chi connectivity index (χ1) is 8.30. The summed E-state index contributed by atoms with van der Waals surface area (Å²) in [4.78, 5) is 24.7. The number of amides is 1. The van der Waals surface area contributed by atoms with Crippen molar-refractivity contribution in [2.24, 2.45) is 23.2 Å². The Morgan fingerprint density at radius 2 is 1.67 bits per heavy atom. The van der Waals surface area contributed by atoms with Gasteiger partial charge in [-0.25, -0.2) is 0 Å². The molecule has 102 valence electrons. The standard InChI is InChI=1S/C14H23NO3/c1-14(2,3)9-4-6-15(7-5-9)12(16)10-8-11(10)13(17)18/h9-11H,4-8H2,1-3H3,(H,17,18). The number of carbonyl (C=O) groups excluding carboxylic acids is 1. The van der Waals surface area contributed by atoms with Crippen LogP contribution in [0.1, 0.15) is 40.0 Å². The summed E-state index contributed by atoms with van der Waals surface area (Å²) in [6, 6.07) is 0. The summed E-state index contributed by atoms with van der Waals surface area (Å²) in [7, 11) is 0. The Balaban J connectivity index is 1.84. The van der Waals surface area contributed by atoms with E-state index in [4.69, 9.17) is 5.11 Å². The molecule has 2 aliphatic rings. The van der Waals surface area contributed by atoms with Crippen LogP contribution in [0.5, 0.6) is 0 Å². The lowest BCUT2D eigenvalue weighted by atomic mass is 9.75. The van der Waals surface area contributed by atoms with E-state index < -0.39 is 11.9 Å². The summed E-state index contributed by atoms with van der Waals surface area (Å²) in [5.41, 5.74) is 0.304. The Morgan fingerprint density at radius 1 is 1.11 bits per heavy atom. The maximum absolute atomic E-state index is 12.1. The molecule has 18 heavy (non-hydrogen) atoms. The minimum Gasteiger partial charge on any atom is -0.481 e. The summed E-state index contributed by atoms with van der Waals surface area (Å²) >= 11 is 0. The molecule has 1 heterocycles. The molecule has 1 aliphatic heterocycles. The maximum atomic E-state index is 12.1. The van der Waals surface area contributed by atoms with Gasteiger partial charge in [-0.1, -0.05) is 20.8 Å². The van der Waals surface area contributed by atoms with Crippen molar-refractivity contribution in [2.75, 3.05) is 13.1 Å². The third-order valence-electron chi connectivity index (χ3n) is 4.46. The fourth-order valence-electron chi connectivity index (χ4n) is 2.94. The largest absolute Gasteiger partial charge is 0.481 e. The number of hydrogen-bond acceptors (Lipinski definition) is 2. The highest BCUT2D eigenvalue weighted by Gasteiger charge is 2.50. The van der Waals surface area contributed by atoms with Gasteiger partial charge in [0.15, 0.2) is 0 Å². The lowest BCUT2D eigenvalue weighted by Crippen LogP contribution is -2.42. The van der Waals surface area contributed by atoms with Gasteiger partial charge in [0, 0.05) is 13.1 Å². The predicted octanol–water partition coefficient (Wildman–Crippen LogP) is 1.99. The number of carboxylic acid groups (broad SMARTS) is 1. The lowest BCUT2D eigenvalue weighted by molar-refractivity contribution is -0.142. The predicted molar refractivity (Wildman–Crippen MR) is 68.0 cm³/mol. The van der Waals surface area contributed by atoms with Gasteiger partial charge in [0.25, 0.3) is 0 Å². The number of likely N-dealkylation sites (tertiary alicyclic amines) is 1. The van der Waals surface area contributed by atoms with E-state index in [1.54, 1.807) is 0 Å². The van der Waals surface area contributed by atoms with Gasteiger partial charge in [-0.2, -0.15) is 0 Å². The molecule has 1 saturated heterocycles. The number of rotatable bonds is 2. The minimum atomic E-state index is -0.821. The van der Waals surface area contributed by atoms with Gasteiger partial charge in [0.1, 0.15) is 0 Å². The molecule has 0 bridgehead atoms. The topological polar surface area (TPSA) is 57.6 Å². The van der Waals surface area contributed by atoms with Crippen LogP contribution in [-0.4, -0.2) is 35.0 Å². The summed E-state index contributed by atoms with van der Waals surface area (Å²) < 4.78 is 0. The van der Waals surface area contributed by atoms with Gasteiger partial charge >= 0.3 is 5.97 Å². The Labute approximate surface area is 108 Å². The molecule has 1 amide bonds. The van der Waals surface area contributed by atoms with E-state index >= 15 is 0 Å². The van der Waals surface area contributed by atoms with Crippen molar-refractivity contribution < 1.29 is 14.7 Å². The van der Waals surface area contributed by atoms with Crippen molar-refractivity contribution in [3.05, 3.63) is 0 Å². The van der Waals surface area contributed by atoms with Gasteiger partial charge in [0.2, 0.25) is 5.91 Å². The van der Waals surface area contributed by atoms with Crippen LogP contribution in [0.15, 0.2) is 0 Å². The van der Waals surface area contributed by atoms with Crippen LogP contribution in [0.4, 0.5) is 0 Å². The molecular formula is C14H23NO3. The van der Waals surface area contributed by atoms with Gasteiger partial charge in [-0.15, -0.1) is 0 Å². The Bertz CT molecular complexity index is 351. The molecule has 2 unspecified atom stereocenters. The Morgan fingerprint density at radius 3 is 2.06 bits per heavy atom. The first kappa shape index (κ1) is 13.4. The molecule has 0 spiro atoms. The summed E-state index contributed by atoms with van der Waals surface area (Å²) in [6.07, 6.45) is 2.62. The first-order valence-corrected chi connectivity index (χ1v) is 6.82. The van der Waals surface area contributed by atoms with E-state index in [-0.39, 0.29) is 11.8 Å². The molecule has 0 aromatic rings. The van der Waals surface area contributed by atoms with Crippen LogP contribution >= 0.6 is 0 Å². The molecule has 1 aliphatic carbocycles. The summed E-state index contributed by atoms with van der Waals surface area (Å²) in [6.45, 7) is 8.33. The van der Waals surface area contributed by atoms with Crippen LogP contribution in [0.25, 0.3) is 0 Å². The van der Waals surface area contributed by atoms with Crippen molar-refractivity contribution in [3.8, 4) is 0 Å². The van der Waals surface area contributed by atoms with Crippen LogP contribution in [0.3, 0.4) is 0 Å². The quantitative estimate of drug-likeness (QED) is 0.818. The van der Waals surface area contributed by atoms with Crippen LogP contribution in [-0.2, 0) is 9.59 Å². The second kappa shape index (κ2) is 4.56. The van der Waals surface area contributed by atoms with Crippen molar-refractivity contribution in [2.45, 2.75) is 40.0 Å². The molecule has 0 aromatic heterocycles. The number of piperidine rings is 1. The highest BCUT2D eigenvalue weighted by atomic mass is 16.4.